The summed E-state index contributed by atoms with van der Waals surface area (Å²) in [5.41, 5.74) is 0. The standard InChI is InChI=1S/C8H9NO3/c10-5-9-7-4-2-1-3-6(7)8(11)12/h1-2,6-7H,3-4H2,(H,11,12). The molecule has 4 heteroatoms. The largest absolute Gasteiger partial charge is 0.481 e. The van der Waals surface area contributed by atoms with Crippen LogP contribution in [0.5, 0.6) is 0 Å². The van der Waals surface area contributed by atoms with Gasteiger partial charge in [0.1, 0.15) is 0 Å². The second-order valence-corrected chi connectivity index (χ2v) is 2.68. The van der Waals surface area contributed by atoms with Crippen molar-refractivity contribution in [2.24, 2.45) is 10.9 Å². The second kappa shape index (κ2) is 3.83. The number of aliphatic imine (C=N–C) groups is 1. The Kier molecular flexibility index (Phi) is 2.77. The zero-order chi connectivity index (χ0) is 8.97. The number of hydrogen-bond acceptors (Lipinski definition) is 3. The van der Waals surface area contributed by atoms with E-state index in [0.717, 1.165) is 0 Å². The van der Waals surface area contributed by atoms with E-state index in [2.05, 4.69) is 4.99 Å². The highest BCUT2D eigenvalue weighted by molar-refractivity contribution is 5.71. The fourth-order valence-corrected chi connectivity index (χ4v) is 1.28. The van der Waals surface area contributed by atoms with E-state index in [0.29, 0.717) is 12.8 Å². The normalized spacial score (nSPS) is 27.7. The molecule has 64 valence electrons. The molecule has 1 aliphatic rings. The van der Waals surface area contributed by atoms with Gasteiger partial charge in [-0.25, -0.2) is 9.79 Å². The molecule has 0 radical (unpaired) electrons. The summed E-state index contributed by atoms with van der Waals surface area (Å²) in [6.07, 6.45) is 6.01. The Hall–Kier alpha value is -1.41. The van der Waals surface area contributed by atoms with Gasteiger partial charge in [-0.2, -0.15) is 0 Å². The summed E-state index contributed by atoms with van der Waals surface area (Å²) in [5.74, 6) is -1.46. The maximum absolute atomic E-state index is 10.6. The lowest BCUT2D eigenvalue weighted by Crippen LogP contribution is -2.27. The zero-order valence-electron chi connectivity index (χ0n) is 6.43. The van der Waals surface area contributed by atoms with Crippen LogP contribution in [-0.2, 0) is 9.59 Å². The minimum absolute atomic E-state index is 0.426. The van der Waals surface area contributed by atoms with Crippen LogP contribution in [0.3, 0.4) is 0 Å². The maximum atomic E-state index is 10.6. The van der Waals surface area contributed by atoms with Crippen molar-refractivity contribution in [2.45, 2.75) is 18.9 Å². The van der Waals surface area contributed by atoms with Crippen LogP contribution in [0.1, 0.15) is 12.8 Å². The van der Waals surface area contributed by atoms with Gasteiger partial charge in [0, 0.05) is 0 Å². The Labute approximate surface area is 69.6 Å². The van der Waals surface area contributed by atoms with E-state index in [1.807, 2.05) is 6.08 Å². The van der Waals surface area contributed by atoms with E-state index in [9.17, 15) is 9.59 Å². The molecule has 0 fully saturated rings. The van der Waals surface area contributed by atoms with Crippen LogP contribution in [0.15, 0.2) is 17.1 Å². The molecule has 1 rings (SSSR count). The number of hydrogen-bond donors (Lipinski definition) is 1. The van der Waals surface area contributed by atoms with Crippen LogP contribution in [0.4, 0.5) is 0 Å². The van der Waals surface area contributed by atoms with E-state index in [-0.39, 0.29) is 0 Å². The van der Waals surface area contributed by atoms with Crippen molar-refractivity contribution in [2.75, 3.05) is 0 Å². The molecule has 0 saturated heterocycles. The molecule has 0 aromatic carbocycles. The number of carboxylic acid groups (broad SMARTS) is 1. The Bertz CT molecular complexity index is 241. The Balaban J connectivity index is 2.75. The highest BCUT2D eigenvalue weighted by atomic mass is 16.4. The van der Waals surface area contributed by atoms with Crippen molar-refractivity contribution in [1.29, 1.82) is 0 Å². The molecule has 1 aliphatic carbocycles. The average molecular weight is 167 g/mol. The van der Waals surface area contributed by atoms with Gasteiger partial charge in [-0.3, -0.25) is 4.79 Å². The first-order valence-corrected chi connectivity index (χ1v) is 3.70. The van der Waals surface area contributed by atoms with Crippen LogP contribution in [0.2, 0.25) is 0 Å². The first kappa shape index (κ1) is 8.68. The van der Waals surface area contributed by atoms with Gasteiger partial charge in [-0.15, -0.1) is 0 Å². The van der Waals surface area contributed by atoms with E-state index >= 15 is 0 Å². The maximum Gasteiger partial charge on any atom is 0.309 e. The van der Waals surface area contributed by atoms with Crippen molar-refractivity contribution in [3.05, 3.63) is 12.2 Å². The molecule has 0 spiro atoms. The van der Waals surface area contributed by atoms with Gasteiger partial charge in [0.15, 0.2) is 0 Å². The number of carbonyl (C=O) groups excluding carboxylic acids is 1. The predicted molar refractivity (Wildman–Crippen MR) is 41.4 cm³/mol. The zero-order valence-corrected chi connectivity index (χ0v) is 6.43. The second-order valence-electron chi connectivity index (χ2n) is 2.68. The molecule has 0 heterocycles. The third-order valence-electron chi connectivity index (χ3n) is 1.93. The molecule has 0 saturated carbocycles. The highest BCUT2D eigenvalue weighted by Crippen LogP contribution is 2.21. The molecule has 2 unspecified atom stereocenters. The van der Waals surface area contributed by atoms with Crippen molar-refractivity contribution in [3.8, 4) is 0 Å². The van der Waals surface area contributed by atoms with Crippen LogP contribution < -0.4 is 0 Å². The Morgan fingerprint density at radius 3 is 2.75 bits per heavy atom. The lowest BCUT2D eigenvalue weighted by Gasteiger charge is -2.19. The molecule has 0 aromatic rings. The third kappa shape index (κ3) is 1.80. The summed E-state index contributed by atoms with van der Waals surface area (Å²) in [6, 6.07) is -0.426. The number of allylic oxidation sites excluding steroid dienone is 1. The van der Waals surface area contributed by atoms with Crippen LogP contribution >= 0.6 is 0 Å². The highest BCUT2D eigenvalue weighted by Gasteiger charge is 2.28. The van der Waals surface area contributed by atoms with E-state index < -0.39 is 17.9 Å². The summed E-state index contributed by atoms with van der Waals surface area (Å²) < 4.78 is 0. The topological polar surface area (TPSA) is 66.7 Å². The lowest BCUT2D eigenvalue weighted by atomic mass is 9.90. The fourth-order valence-electron chi connectivity index (χ4n) is 1.28. The van der Waals surface area contributed by atoms with Crippen LogP contribution in [0, 0.1) is 5.92 Å². The molecular formula is C8H9NO3. The van der Waals surface area contributed by atoms with E-state index in [1.54, 1.807) is 6.08 Å². The van der Waals surface area contributed by atoms with E-state index in [4.69, 9.17) is 5.11 Å². The fraction of sp³-hybridized carbons (Fsp3) is 0.500. The number of carbonyl (C=O) groups is 1. The van der Waals surface area contributed by atoms with Crippen molar-refractivity contribution in [3.63, 3.8) is 0 Å². The molecule has 1 N–H and O–H groups in total. The van der Waals surface area contributed by atoms with Gasteiger partial charge < -0.3 is 5.11 Å². The Morgan fingerprint density at radius 1 is 1.50 bits per heavy atom. The summed E-state index contributed by atoms with van der Waals surface area (Å²) in [4.78, 5) is 24.0. The van der Waals surface area contributed by atoms with Crippen LogP contribution in [0.25, 0.3) is 0 Å². The lowest BCUT2D eigenvalue weighted by molar-refractivity contribution is -0.142. The van der Waals surface area contributed by atoms with E-state index in [1.165, 1.54) is 6.08 Å². The molecule has 0 aliphatic heterocycles. The summed E-state index contributed by atoms with van der Waals surface area (Å²) in [6.45, 7) is 0. The third-order valence-corrected chi connectivity index (χ3v) is 1.93. The molecule has 12 heavy (non-hydrogen) atoms. The quantitative estimate of drug-likeness (QED) is 0.374. The summed E-state index contributed by atoms with van der Waals surface area (Å²) >= 11 is 0. The minimum atomic E-state index is -0.900. The predicted octanol–water partition coefficient (Wildman–Crippen LogP) is 0.742. The first-order valence-electron chi connectivity index (χ1n) is 3.70. The molecule has 0 amide bonds. The first-order chi connectivity index (χ1) is 5.75. The van der Waals surface area contributed by atoms with Gasteiger partial charge in [-0.1, -0.05) is 12.2 Å². The number of nitrogens with zero attached hydrogens (tertiary/aromatic N) is 1. The smallest absolute Gasteiger partial charge is 0.309 e. The number of aliphatic carboxylic acids is 1. The monoisotopic (exact) mass is 167 g/mol. The Morgan fingerprint density at radius 2 is 2.17 bits per heavy atom. The van der Waals surface area contributed by atoms with Crippen LogP contribution in [-0.4, -0.2) is 23.2 Å². The summed E-state index contributed by atoms with van der Waals surface area (Å²) in [7, 11) is 0. The average Bonchev–Trinajstić information content (AvgIpc) is 2.05. The number of carboxylic acids is 1. The summed E-state index contributed by atoms with van der Waals surface area (Å²) in [5, 5.41) is 8.71. The number of isocyanates is 1. The molecule has 0 aromatic heterocycles. The van der Waals surface area contributed by atoms with Gasteiger partial charge >= 0.3 is 5.97 Å². The van der Waals surface area contributed by atoms with Gasteiger partial charge in [0.05, 0.1) is 12.0 Å². The minimum Gasteiger partial charge on any atom is -0.481 e. The molecular weight excluding hydrogens is 158 g/mol. The van der Waals surface area contributed by atoms with Crippen molar-refractivity contribution < 1.29 is 14.7 Å². The molecule has 0 bridgehead atoms. The van der Waals surface area contributed by atoms with Gasteiger partial charge in [-0.05, 0) is 12.8 Å². The number of rotatable bonds is 2. The van der Waals surface area contributed by atoms with Crippen molar-refractivity contribution >= 4 is 12.0 Å². The van der Waals surface area contributed by atoms with Gasteiger partial charge in [0.25, 0.3) is 0 Å². The van der Waals surface area contributed by atoms with Gasteiger partial charge in [0.2, 0.25) is 6.08 Å². The molecule has 2 atom stereocenters. The SMILES string of the molecule is O=C=NC1CC=CCC1C(=O)O. The van der Waals surface area contributed by atoms with Crippen molar-refractivity contribution in [1.82, 2.24) is 0 Å². The molecule has 4 nitrogen and oxygen atoms in total.